The molecule has 7 nitrogen and oxygen atoms in total. The summed E-state index contributed by atoms with van der Waals surface area (Å²) >= 11 is 0. The van der Waals surface area contributed by atoms with E-state index in [9.17, 15) is 9.59 Å². The van der Waals surface area contributed by atoms with E-state index in [4.69, 9.17) is 4.42 Å². The topological polar surface area (TPSA) is 92.1 Å². The third-order valence-corrected chi connectivity index (χ3v) is 5.50. The molecule has 150 valence electrons. The lowest BCUT2D eigenvalue weighted by Gasteiger charge is -2.31. The number of aromatic nitrogens is 3. The minimum Gasteiger partial charge on any atom is -0.440 e. The molecule has 0 saturated carbocycles. The van der Waals surface area contributed by atoms with Gasteiger partial charge in [0.05, 0.1) is 5.92 Å². The second kappa shape index (κ2) is 7.59. The number of fused-ring (bicyclic) bond motifs is 1. The SMILES string of the molecule is O=C(c1ccc(-c2ccncc2)[nH]c1=O)N1CCC[C@H](c2nc3ccccc3o2)C1. The summed E-state index contributed by atoms with van der Waals surface area (Å²) < 4.78 is 5.91. The first kappa shape index (κ1) is 18.3. The van der Waals surface area contributed by atoms with Crippen LogP contribution >= 0.6 is 0 Å². The van der Waals surface area contributed by atoms with Gasteiger partial charge in [-0.3, -0.25) is 14.6 Å². The highest BCUT2D eigenvalue weighted by Crippen LogP contribution is 2.29. The van der Waals surface area contributed by atoms with E-state index < -0.39 is 5.56 Å². The van der Waals surface area contributed by atoms with Crippen molar-refractivity contribution in [3.63, 3.8) is 0 Å². The zero-order valence-electron chi connectivity index (χ0n) is 16.2. The largest absolute Gasteiger partial charge is 0.440 e. The van der Waals surface area contributed by atoms with Crippen molar-refractivity contribution in [2.24, 2.45) is 0 Å². The van der Waals surface area contributed by atoms with E-state index in [2.05, 4.69) is 15.0 Å². The van der Waals surface area contributed by atoms with Gasteiger partial charge in [-0.05, 0) is 49.2 Å². The number of benzene rings is 1. The van der Waals surface area contributed by atoms with Crippen LogP contribution in [0.15, 0.2) is 70.1 Å². The maximum atomic E-state index is 13.1. The smallest absolute Gasteiger partial charge is 0.261 e. The molecule has 1 amide bonds. The van der Waals surface area contributed by atoms with Gasteiger partial charge >= 0.3 is 0 Å². The van der Waals surface area contributed by atoms with Crippen molar-refractivity contribution in [3.8, 4) is 11.3 Å². The number of rotatable bonds is 3. The van der Waals surface area contributed by atoms with Crippen molar-refractivity contribution < 1.29 is 9.21 Å². The molecule has 4 heterocycles. The Hall–Kier alpha value is -3.74. The lowest BCUT2D eigenvalue weighted by atomic mass is 9.97. The van der Waals surface area contributed by atoms with E-state index in [1.165, 1.54) is 0 Å². The summed E-state index contributed by atoms with van der Waals surface area (Å²) in [6.45, 7) is 1.10. The number of likely N-dealkylation sites (tertiary alicyclic amines) is 1. The predicted octanol–water partition coefficient (Wildman–Crippen LogP) is 3.60. The number of piperidine rings is 1. The molecule has 0 radical (unpaired) electrons. The first-order valence-electron chi connectivity index (χ1n) is 9.97. The Morgan fingerprint density at radius 3 is 2.73 bits per heavy atom. The summed E-state index contributed by atoms with van der Waals surface area (Å²) in [5.41, 5.74) is 2.82. The number of para-hydroxylation sites is 2. The highest BCUT2D eigenvalue weighted by Gasteiger charge is 2.29. The second-order valence-electron chi connectivity index (χ2n) is 7.46. The standard InChI is InChI=1S/C23H20N4O3/c28-21-17(7-8-18(25-21)15-9-11-24-12-10-15)23(29)27-13-3-4-16(14-27)22-26-19-5-1-2-6-20(19)30-22/h1-2,5-12,16H,3-4,13-14H2,(H,25,28)/t16-/m0/s1. The second-order valence-corrected chi connectivity index (χ2v) is 7.46. The molecule has 0 aliphatic carbocycles. The maximum Gasteiger partial charge on any atom is 0.261 e. The van der Waals surface area contributed by atoms with Crippen molar-refractivity contribution in [1.29, 1.82) is 0 Å². The molecular weight excluding hydrogens is 380 g/mol. The molecule has 0 spiro atoms. The number of amides is 1. The zero-order chi connectivity index (χ0) is 20.5. The summed E-state index contributed by atoms with van der Waals surface area (Å²) in [7, 11) is 0. The zero-order valence-corrected chi connectivity index (χ0v) is 16.2. The van der Waals surface area contributed by atoms with E-state index in [1.807, 2.05) is 36.4 Å². The molecule has 1 aromatic carbocycles. The maximum absolute atomic E-state index is 13.1. The Morgan fingerprint density at radius 1 is 1.10 bits per heavy atom. The number of hydrogen-bond acceptors (Lipinski definition) is 5. The Labute approximate surface area is 172 Å². The molecule has 1 aliphatic heterocycles. The van der Waals surface area contributed by atoms with Crippen LogP contribution in [0.1, 0.15) is 35.0 Å². The Bertz CT molecular complexity index is 1230. The van der Waals surface area contributed by atoms with Crippen LogP contribution in [0.4, 0.5) is 0 Å². The first-order chi connectivity index (χ1) is 14.7. The highest BCUT2D eigenvalue weighted by atomic mass is 16.3. The Morgan fingerprint density at radius 2 is 1.93 bits per heavy atom. The summed E-state index contributed by atoms with van der Waals surface area (Å²) in [5, 5.41) is 0. The van der Waals surface area contributed by atoms with Crippen LogP contribution in [0, 0.1) is 0 Å². The molecular formula is C23H20N4O3. The van der Waals surface area contributed by atoms with Crippen molar-refractivity contribution in [3.05, 3.63) is 82.7 Å². The van der Waals surface area contributed by atoms with E-state index in [-0.39, 0.29) is 17.4 Å². The number of carbonyl (C=O) groups is 1. The Kier molecular flexibility index (Phi) is 4.63. The van der Waals surface area contributed by atoms with Gasteiger partial charge in [-0.25, -0.2) is 4.98 Å². The van der Waals surface area contributed by atoms with Crippen molar-refractivity contribution in [2.45, 2.75) is 18.8 Å². The lowest BCUT2D eigenvalue weighted by Crippen LogP contribution is -2.41. The van der Waals surface area contributed by atoms with Gasteiger partial charge in [0.15, 0.2) is 11.5 Å². The first-order valence-corrected chi connectivity index (χ1v) is 9.97. The fourth-order valence-corrected chi connectivity index (χ4v) is 3.94. The minimum absolute atomic E-state index is 0.0188. The fraction of sp³-hybridized carbons (Fsp3) is 0.217. The summed E-state index contributed by atoms with van der Waals surface area (Å²) in [6.07, 6.45) is 5.05. The van der Waals surface area contributed by atoms with E-state index >= 15 is 0 Å². The molecule has 1 N–H and O–H groups in total. The number of nitrogens with one attached hydrogen (secondary N) is 1. The van der Waals surface area contributed by atoms with Gasteiger partial charge in [-0.15, -0.1) is 0 Å². The number of aromatic amines is 1. The molecule has 30 heavy (non-hydrogen) atoms. The predicted molar refractivity (Wildman–Crippen MR) is 112 cm³/mol. The monoisotopic (exact) mass is 400 g/mol. The van der Waals surface area contributed by atoms with E-state index in [1.54, 1.807) is 29.4 Å². The van der Waals surface area contributed by atoms with Crippen LogP contribution in [0.25, 0.3) is 22.4 Å². The third kappa shape index (κ3) is 3.39. The Balaban J connectivity index is 1.37. The molecule has 1 fully saturated rings. The molecule has 1 atom stereocenters. The summed E-state index contributed by atoms with van der Waals surface area (Å²) in [5.74, 6) is 0.402. The fourth-order valence-electron chi connectivity index (χ4n) is 3.94. The summed E-state index contributed by atoms with van der Waals surface area (Å²) in [6, 6.07) is 14.6. The molecule has 0 bridgehead atoms. The third-order valence-electron chi connectivity index (χ3n) is 5.50. The molecule has 7 heteroatoms. The number of hydrogen-bond donors (Lipinski definition) is 1. The number of H-pyrrole nitrogens is 1. The van der Waals surface area contributed by atoms with Crippen LogP contribution in [0.2, 0.25) is 0 Å². The normalized spacial score (nSPS) is 16.7. The molecule has 4 aromatic rings. The van der Waals surface area contributed by atoms with Gasteiger partial charge in [0, 0.05) is 36.7 Å². The minimum atomic E-state index is -0.390. The van der Waals surface area contributed by atoms with Crippen molar-refractivity contribution in [2.75, 3.05) is 13.1 Å². The van der Waals surface area contributed by atoms with Crippen molar-refractivity contribution in [1.82, 2.24) is 19.9 Å². The van der Waals surface area contributed by atoms with E-state index in [0.717, 1.165) is 29.5 Å². The molecule has 1 saturated heterocycles. The van der Waals surface area contributed by atoms with Crippen LogP contribution in [0.3, 0.4) is 0 Å². The van der Waals surface area contributed by atoms with Crippen LogP contribution in [-0.2, 0) is 0 Å². The van der Waals surface area contributed by atoms with Gasteiger partial charge < -0.3 is 14.3 Å². The lowest BCUT2D eigenvalue weighted by molar-refractivity contribution is 0.0697. The van der Waals surface area contributed by atoms with Crippen molar-refractivity contribution >= 4 is 17.0 Å². The van der Waals surface area contributed by atoms with Crippen LogP contribution < -0.4 is 5.56 Å². The van der Waals surface area contributed by atoms with Crippen LogP contribution in [0.5, 0.6) is 0 Å². The number of carbonyl (C=O) groups excluding carboxylic acids is 1. The van der Waals surface area contributed by atoms with Gasteiger partial charge in [0.2, 0.25) is 0 Å². The van der Waals surface area contributed by atoms with Crippen LogP contribution in [-0.4, -0.2) is 38.8 Å². The number of oxazole rings is 1. The molecule has 5 rings (SSSR count). The number of pyridine rings is 2. The summed E-state index contributed by atoms with van der Waals surface area (Å²) in [4.78, 5) is 38.8. The van der Waals surface area contributed by atoms with Gasteiger partial charge in [0.1, 0.15) is 11.1 Å². The molecule has 1 aliphatic rings. The number of nitrogens with zero attached hydrogens (tertiary/aromatic N) is 3. The molecule has 0 unspecified atom stereocenters. The van der Waals surface area contributed by atoms with Gasteiger partial charge in [-0.1, -0.05) is 12.1 Å². The average Bonchev–Trinajstić information content (AvgIpc) is 3.24. The molecule has 3 aromatic heterocycles. The quantitative estimate of drug-likeness (QED) is 0.567. The highest BCUT2D eigenvalue weighted by molar-refractivity contribution is 5.94. The van der Waals surface area contributed by atoms with E-state index in [0.29, 0.717) is 24.7 Å². The van der Waals surface area contributed by atoms with Gasteiger partial charge in [0.25, 0.3) is 11.5 Å². The van der Waals surface area contributed by atoms with Gasteiger partial charge in [-0.2, -0.15) is 0 Å². The average molecular weight is 400 g/mol.